The molecule has 0 aliphatic carbocycles. The van der Waals surface area contributed by atoms with Gasteiger partial charge in [0.05, 0.1) is 17.6 Å². The van der Waals surface area contributed by atoms with Crippen LogP contribution in [0.2, 0.25) is 0 Å². The van der Waals surface area contributed by atoms with Gasteiger partial charge in [0.2, 0.25) is 0 Å². The van der Waals surface area contributed by atoms with Gasteiger partial charge in [0, 0.05) is 6.54 Å². The molecular weight excluding hydrogens is 432 g/mol. The molecule has 0 aliphatic heterocycles. The zero-order chi connectivity index (χ0) is 24.3. The van der Waals surface area contributed by atoms with Crippen LogP contribution in [0.15, 0.2) is 91.0 Å². The zero-order valence-corrected chi connectivity index (χ0v) is 20.7. The molecule has 5 aromatic rings. The van der Waals surface area contributed by atoms with Crippen LogP contribution in [-0.2, 0) is 18.6 Å². The fourth-order valence-electron chi connectivity index (χ4n) is 4.35. The summed E-state index contributed by atoms with van der Waals surface area (Å²) in [4.78, 5) is 4.86. The second-order valence-electron chi connectivity index (χ2n) is 9.94. The van der Waals surface area contributed by atoms with Gasteiger partial charge in [0.1, 0.15) is 23.9 Å². The Bertz CT molecular complexity index is 1430. The van der Waals surface area contributed by atoms with Crippen molar-refractivity contribution >= 4 is 21.8 Å². The largest absolute Gasteiger partial charge is 0.494 e. The van der Waals surface area contributed by atoms with Gasteiger partial charge in [0.25, 0.3) is 0 Å². The monoisotopic (exact) mass is 464 g/mol. The van der Waals surface area contributed by atoms with Crippen molar-refractivity contribution < 1.29 is 9.47 Å². The number of rotatable bonds is 8. The maximum Gasteiger partial charge on any atom is 0.147 e. The lowest BCUT2D eigenvalue weighted by Gasteiger charge is -2.19. The van der Waals surface area contributed by atoms with Gasteiger partial charge in [0.15, 0.2) is 0 Å². The van der Waals surface area contributed by atoms with Crippen molar-refractivity contribution in [2.45, 2.75) is 45.8 Å². The van der Waals surface area contributed by atoms with Gasteiger partial charge in [-0.25, -0.2) is 4.98 Å². The topological polar surface area (TPSA) is 36.3 Å². The number of para-hydroxylation sites is 2. The van der Waals surface area contributed by atoms with Crippen LogP contribution in [0.3, 0.4) is 0 Å². The van der Waals surface area contributed by atoms with Crippen molar-refractivity contribution in [3.05, 3.63) is 102 Å². The minimum Gasteiger partial charge on any atom is -0.494 e. The molecule has 0 aliphatic rings. The van der Waals surface area contributed by atoms with Crippen molar-refractivity contribution in [3.63, 3.8) is 0 Å². The minimum atomic E-state index is 0.145. The number of aryl methyl sites for hydroxylation is 1. The third-order valence-corrected chi connectivity index (χ3v) is 6.34. The number of fused-ring (bicyclic) bond motifs is 2. The van der Waals surface area contributed by atoms with E-state index < -0.39 is 0 Å². The SMILES string of the molecule is CC(C)(C)c1ccc(OCCCn2c(COc3ccc4ccccc4c3)nc3ccccc32)cc1. The van der Waals surface area contributed by atoms with Gasteiger partial charge in [-0.1, -0.05) is 75.4 Å². The highest BCUT2D eigenvalue weighted by atomic mass is 16.5. The van der Waals surface area contributed by atoms with Crippen LogP contribution in [-0.4, -0.2) is 16.2 Å². The Kier molecular flexibility index (Phi) is 6.45. The summed E-state index contributed by atoms with van der Waals surface area (Å²) in [6.45, 7) is 8.55. The van der Waals surface area contributed by atoms with Gasteiger partial charge in [-0.3, -0.25) is 0 Å². The highest BCUT2D eigenvalue weighted by Crippen LogP contribution is 2.25. The van der Waals surface area contributed by atoms with E-state index in [1.54, 1.807) is 0 Å². The standard InChI is InChI=1S/C31H32N2O2/c1-31(2,3)25-14-17-26(18-15-25)34-20-8-19-33-29-12-7-6-11-28(29)32-30(33)22-35-27-16-13-23-9-4-5-10-24(23)21-27/h4-7,9-18,21H,8,19-20,22H2,1-3H3. The molecular formula is C31H32N2O2. The Morgan fingerprint density at radius 3 is 2.26 bits per heavy atom. The first-order valence-electron chi connectivity index (χ1n) is 12.3. The maximum atomic E-state index is 6.17. The lowest BCUT2D eigenvalue weighted by Crippen LogP contribution is -2.11. The van der Waals surface area contributed by atoms with E-state index in [2.05, 4.69) is 98.1 Å². The third kappa shape index (κ3) is 5.32. The van der Waals surface area contributed by atoms with Crippen LogP contribution in [0.5, 0.6) is 11.5 Å². The molecule has 0 fully saturated rings. The number of ether oxygens (including phenoxy) is 2. The number of aromatic nitrogens is 2. The number of benzene rings is 4. The van der Waals surface area contributed by atoms with E-state index in [9.17, 15) is 0 Å². The molecule has 0 saturated carbocycles. The molecule has 1 aromatic heterocycles. The van der Waals surface area contributed by atoms with E-state index in [0.717, 1.165) is 41.3 Å². The smallest absolute Gasteiger partial charge is 0.147 e. The lowest BCUT2D eigenvalue weighted by molar-refractivity contribution is 0.280. The molecule has 35 heavy (non-hydrogen) atoms. The fourth-order valence-corrected chi connectivity index (χ4v) is 4.35. The van der Waals surface area contributed by atoms with E-state index in [1.165, 1.54) is 16.3 Å². The summed E-state index contributed by atoms with van der Waals surface area (Å²) in [5.41, 5.74) is 3.57. The molecule has 0 unspecified atom stereocenters. The number of nitrogens with zero attached hydrogens (tertiary/aromatic N) is 2. The predicted molar refractivity (Wildman–Crippen MR) is 143 cm³/mol. The molecule has 5 rings (SSSR count). The summed E-state index contributed by atoms with van der Waals surface area (Å²) in [5.74, 6) is 2.69. The number of hydrogen-bond acceptors (Lipinski definition) is 3. The molecule has 0 N–H and O–H groups in total. The Balaban J connectivity index is 1.25. The fraction of sp³-hybridized carbons (Fsp3) is 0.258. The van der Waals surface area contributed by atoms with Gasteiger partial charge in [-0.05, 0) is 64.6 Å². The average Bonchev–Trinajstić information content (AvgIpc) is 3.22. The molecule has 0 amide bonds. The molecule has 0 spiro atoms. The van der Waals surface area contributed by atoms with E-state index in [4.69, 9.17) is 14.5 Å². The summed E-state index contributed by atoms with van der Waals surface area (Å²) in [6, 6.07) is 31.2. The minimum absolute atomic E-state index is 0.145. The first kappa shape index (κ1) is 23.0. The van der Waals surface area contributed by atoms with Gasteiger partial charge in [-0.2, -0.15) is 0 Å². The van der Waals surface area contributed by atoms with Crippen molar-refractivity contribution in [2.75, 3.05) is 6.61 Å². The van der Waals surface area contributed by atoms with Gasteiger partial charge in [-0.15, -0.1) is 0 Å². The zero-order valence-electron chi connectivity index (χ0n) is 20.7. The van der Waals surface area contributed by atoms with Crippen LogP contribution < -0.4 is 9.47 Å². The van der Waals surface area contributed by atoms with Gasteiger partial charge < -0.3 is 14.0 Å². The molecule has 0 bridgehead atoms. The van der Waals surface area contributed by atoms with Crippen LogP contribution >= 0.6 is 0 Å². The summed E-state index contributed by atoms with van der Waals surface area (Å²) < 4.78 is 14.5. The Labute approximate surface area is 207 Å². The molecule has 4 aromatic carbocycles. The van der Waals surface area contributed by atoms with Gasteiger partial charge >= 0.3 is 0 Å². The summed E-state index contributed by atoms with van der Waals surface area (Å²) in [6.07, 6.45) is 0.879. The van der Waals surface area contributed by atoms with Crippen molar-refractivity contribution in [3.8, 4) is 11.5 Å². The van der Waals surface area contributed by atoms with E-state index >= 15 is 0 Å². The molecule has 0 atom stereocenters. The first-order valence-corrected chi connectivity index (χ1v) is 12.3. The van der Waals surface area contributed by atoms with Crippen molar-refractivity contribution in [1.82, 2.24) is 9.55 Å². The molecule has 4 nitrogen and oxygen atoms in total. The van der Waals surface area contributed by atoms with Crippen molar-refractivity contribution in [1.29, 1.82) is 0 Å². The molecule has 0 radical (unpaired) electrons. The van der Waals surface area contributed by atoms with E-state index in [0.29, 0.717) is 13.2 Å². The maximum absolute atomic E-state index is 6.17. The lowest BCUT2D eigenvalue weighted by atomic mass is 9.87. The quantitative estimate of drug-likeness (QED) is 0.223. The predicted octanol–water partition coefficient (Wildman–Crippen LogP) is 7.54. The second kappa shape index (κ2) is 9.83. The van der Waals surface area contributed by atoms with Crippen LogP contribution in [0.4, 0.5) is 0 Å². The van der Waals surface area contributed by atoms with Crippen LogP contribution in [0.25, 0.3) is 21.8 Å². The second-order valence-corrected chi connectivity index (χ2v) is 9.94. The molecule has 0 saturated heterocycles. The number of imidazole rings is 1. The number of hydrogen-bond donors (Lipinski definition) is 0. The third-order valence-electron chi connectivity index (χ3n) is 6.34. The van der Waals surface area contributed by atoms with E-state index in [1.807, 2.05) is 18.2 Å². The summed E-state index contributed by atoms with van der Waals surface area (Å²) in [5, 5.41) is 2.38. The average molecular weight is 465 g/mol. The molecule has 178 valence electrons. The normalized spacial score (nSPS) is 11.7. The summed E-state index contributed by atoms with van der Waals surface area (Å²) >= 11 is 0. The Hall–Kier alpha value is -3.79. The first-order chi connectivity index (χ1) is 17.0. The van der Waals surface area contributed by atoms with E-state index in [-0.39, 0.29) is 5.41 Å². The molecule has 4 heteroatoms. The van der Waals surface area contributed by atoms with Crippen molar-refractivity contribution in [2.24, 2.45) is 0 Å². The molecule has 1 heterocycles. The highest BCUT2D eigenvalue weighted by Gasteiger charge is 2.14. The van der Waals surface area contributed by atoms with Crippen LogP contribution in [0.1, 0.15) is 38.6 Å². The highest BCUT2D eigenvalue weighted by molar-refractivity contribution is 5.83. The Morgan fingerprint density at radius 1 is 0.743 bits per heavy atom. The summed E-state index contributed by atoms with van der Waals surface area (Å²) in [7, 11) is 0. The Morgan fingerprint density at radius 2 is 1.46 bits per heavy atom. The van der Waals surface area contributed by atoms with Crippen LogP contribution in [0, 0.1) is 0 Å².